The van der Waals surface area contributed by atoms with Gasteiger partial charge in [0, 0.05) is 5.02 Å². The van der Waals surface area contributed by atoms with E-state index < -0.39 is 22.0 Å². The number of nitriles is 1. The highest BCUT2D eigenvalue weighted by molar-refractivity contribution is 7.87. The molecule has 0 heterocycles. The Hall–Kier alpha value is -4.13. The summed E-state index contributed by atoms with van der Waals surface area (Å²) >= 11 is 5.76. The number of carbonyl (C=O) groups excluding carboxylic acids is 1. The minimum absolute atomic E-state index is 0.0282. The molecular weight excluding hydrogens is 468 g/mol. The number of para-hydroxylation sites is 1. The van der Waals surface area contributed by atoms with Gasteiger partial charge in [-0.2, -0.15) is 13.7 Å². The van der Waals surface area contributed by atoms with Crippen LogP contribution >= 0.6 is 11.6 Å². The summed E-state index contributed by atoms with van der Waals surface area (Å²) in [6, 6.07) is 18.7. The van der Waals surface area contributed by atoms with Crippen molar-refractivity contribution in [2.75, 3.05) is 5.32 Å². The summed E-state index contributed by atoms with van der Waals surface area (Å²) < 4.78 is 29.8. The van der Waals surface area contributed by atoms with E-state index in [1.807, 2.05) is 0 Å². The fourth-order valence-corrected chi connectivity index (χ4v) is 3.74. The van der Waals surface area contributed by atoms with Crippen molar-refractivity contribution >= 4 is 45.4 Å². The molecule has 0 saturated carbocycles. The molecule has 10 heteroatoms. The summed E-state index contributed by atoms with van der Waals surface area (Å²) in [7, 11) is -4.07. The van der Waals surface area contributed by atoms with Gasteiger partial charge in [-0.1, -0.05) is 35.9 Å². The van der Waals surface area contributed by atoms with Gasteiger partial charge >= 0.3 is 16.1 Å². The number of aromatic carboxylic acids is 1. The van der Waals surface area contributed by atoms with Crippen LogP contribution in [0.3, 0.4) is 0 Å². The van der Waals surface area contributed by atoms with Crippen molar-refractivity contribution in [2.24, 2.45) is 0 Å². The summed E-state index contributed by atoms with van der Waals surface area (Å²) in [5.41, 5.74) is 0.0703. The lowest BCUT2D eigenvalue weighted by Crippen LogP contribution is -2.16. The van der Waals surface area contributed by atoms with E-state index in [0.717, 1.165) is 0 Å². The average Bonchev–Trinajstić information content (AvgIpc) is 2.78. The molecule has 2 N–H and O–H groups in total. The number of carbonyl (C=O) groups is 2. The van der Waals surface area contributed by atoms with Crippen LogP contribution in [0.2, 0.25) is 5.02 Å². The van der Waals surface area contributed by atoms with Crippen LogP contribution in [0, 0.1) is 11.3 Å². The predicted octanol–water partition coefficient (Wildman–Crippen LogP) is 4.35. The Morgan fingerprint density at radius 1 is 1.00 bits per heavy atom. The van der Waals surface area contributed by atoms with E-state index in [2.05, 4.69) is 5.32 Å². The quantitative estimate of drug-likeness (QED) is 0.290. The summed E-state index contributed by atoms with van der Waals surface area (Å²) in [4.78, 5) is 23.7. The lowest BCUT2D eigenvalue weighted by Gasteiger charge is -2.08. The third kappa shape index (κ3) is 5.98. The average molecular weight is 483 g/mol. The Balaban J connectivity index is 1.76. The van der Waals surface area contributed by atoms with Crippen molar-refractivity contribution in [1.82, 2.24) is 0 Å². The van der Waals surface area contributed by atoms with Gasteiger partial charge in [0.15, 0.2) is 0 Å². The van der Waals surface area contributed by atoms with E-state index in [4.69, 9.17) is 15.8 Å². The van der Waals surface area contributed by atoms with Crippen molar-refractivity contribution in [3.63, 3.8) is 0 Å². The molecule has 0 radical (unpaired) electrons. The third-order valence-electron chi connectivity index (χ3n) is 4.27. The number of benzene rings is 3. The molecule has 0 aliphatic heterocycles. The fourth-order valence-electron chi connectivity index (χ4n) is 2.68. The number of hydrogen-bond donors (Lipinski definition) is 2. The second kappa shape index (κ2) is 9.99. The number of halogens is 1. The molecule has 0 aromatic heterocycles. The van der Waals surface area contributed by atoms with E-state index >= 15 is 0 Å². The van der Waals surface area contributed by atoms with E-state index in [9.17, 15) is 28.4 Å². The Morgan fingerprint density at radius 3 is 2.24 bits per heavy atom. The van der Waals surface area contributed by atoms with Crippen molar-refractivity contribution in [3.8, 4) is 11.8 Å². The minimum Gasteiger partial charge on any atom is -0.478 e. The Bertz CT molecular complexity index is 1380. The zero-order valence-electron chi connectivity index (χ0n) is 16.7. The van der Waals surface area contributed by atoms with E-state index in [1.54, 1.807) is 12.1 Å². The lowest BCUT2D eigenvalue weighted by molar-refractivity contribution is -0.112. The standard InChI is InChI=1S/C23H15ClN2O6S/c24-17-7-11-19(12-8-17)33(30,31)32-18-9-5-15(6-10-18)13-16(14-25)22(27)26-21-4-2-1-3-20(21)23(28)29/h1-13H,(H,26,27)(H,28,29)/b16-13+. The molecule has 0 bridgehead atoms. The molecule has 3 rings (SSSR count). The van der Waals surface area contributed by atoms with Crippen LogP contribution in [-0.2, 0) is 14.9 Å². The summed E-state index contributed by atoms with van der Waals surface area (Å²) in [5.74, 6) is -1.99. The monoisotopic (exact) mass is 482 g/mol. The Labute approximate surface area is 194 Å². The number of carboxylic acids is 1. The van der Waals surface area contributed by atoms with E-state index in [-0.39, 0.29) is 27.5 Å². The van der Waals surface area contributed by atoms with Gasteiger partial charge in [0.2, 0.25) is 0 Å². The van der Waals surface area contributed by atoms with Crippen molar-refractivity contribution < 1.29 is 27.3 Å². The normalized spacial score (nSPS) is 11.3. The number of amides is 1. The number of anilines is 1. The van der Waals surface area contributed by atoms with Gasteiger partial charge in [0.05, 0.1) is 11.3 Å². The molecule has 0 fully saturated rings. The highest BCUT2D eigenvalue weighted by atomic mass is 35.5. The molecule has 33 heavy (non-hydrogen) atoms. The maximum absolute atomic E-state index is 12.5. The number of hydrogen-bond acceptors (Lipinski definition) is 6. The third-order valence-corrected chi connectivity index (χ3v) is 5.78. The molecule has 0 saturated heterocycles. The molecule has 1 amide bonds. The van der Waals surface area contributed by atoms with Crippen LogP contribution in [0.25, 0.3) is 6.08 Å². The number of nitrogens with one attached hydrogen (secondary N) is 1. The second-order valence-corrected chi connectivity index (χ2v) is 8.52. The zero-order chi connectivity index (χ0) is 24.0. The molecule has 0 aliphatic rings. The molecule has 0 spiro atoms. The van der Waals surface area contributed by atoms with Crippen LogP contribution in [0.5, 0.6) is 5.75 Å². The number of nitrogens with zero attached hydrogens (tertiary/aromatic N) is 1. The zero-order valence-corrected chi connectivity index (χ0v) is 18.3. The largest absolute Gasteiger partial charge is 0.478 e. The first-order valence-corrected chi connectivity index (χ1v) is 11.0. The highest BCUT2D eigenvalue weighted by Gasteiger charge is 2.17. The Kier molecular flexibility index (Phi) is 7.13. The smallest absolute Gasteiger partial charge is 0.339 e. The van der Waals surface area contributed by atoms with Gasteiger partial charge < -0.3 is 14.6 Å². The number of carboxylic acid groups (broad SMARTS) is 1. The van der Waals surface area contributed by atoms with Crippen LogP contribution in [0.15, 0.2) is 83.3 Å². The van der Waals surface area contributed by atoms with E-state index in [1.165, 1.54) is 72.8 Å². The first-order valence-electron chi connectivity index (χ1n) is 9.25. The van der Waals surface area contributed by atoms with Gasteiger partial charge in [-0.15, -0.1) is 0 Å². The van der Waals surface area contributed by atoms with Crippen LogP contribution in [0.4, 0.5) is 5.69 Å². The van der Waals surface area contributed by atoms with Gasteiger partial charge in [0.1, 0.15) is 22.3 Å². The minimum atomic E-state index is -4.07. The SMILES string of the molecule is N#C/C(=C\c1ccc(OS(=O)(=O)c2ccc(Cl)cc2)cc1)C(=O)Nc1ccccc1C(=O)O. The first-order chi connectivity index (χ1) is 15.7. The van der Waals surface area contributed by atoms with Crippen molar-refractivity contribution in [1.29, 1.82) is 5.26 Å². The predicted molar refractivity (Wildman–Crippen MR) is 121 cm³/mol. The lowest BCUT2D eigenvalue weighted by atomic mass is 10.1. The molecule has 8 nitrogen and oxygen atoms in total. The molecule has 0 unspecified atom stereocenters. The van der Waals surface area contributed by atoms with Gasteiger partial charge in [0.25, 0.3) is 5.91 Å². The van der Waals surface area contributed by atoms with Crippen molar-refractivity contribution in [3.05, 3.63) is 94.5 Å². The number of rotatable bonds is 7. The van der Waals surface area contributed by atoms with Crippen molar-refractivity contribution in [2.45, 2.75) is 4.90 Å². The summed E-state index contributed by atoms with van der Waals surface area (Å²) in [5, 5.41) is 21.4. The van der Waals surface area contributed by atoms with Gasteiger partial charge in [-0.05, 0) is 60.2 Å². The molecule has 166 valence electrons. The van der Waals surface area contributed by atoms with E-state index in [0.29, 0.717) is 10.6 Å². The Morgan fingerprint density at radius 2 is 1.64 bits per heavy atom. The van der Waals surface area contributed by atoms with Crippen LogP contribution in [0.1, 0.15) is 15.9 Å². The fraction of sp³-hybridized carbons (Fsp3) is 0. The van der Waals surface area contributed by atoms with Crippen LogP contribution < -0.4 is 9.50 Å². The topological polar surface area (TPSA) is 134 Å². The molecule has 0 atom stereocenters. The van der Waals surface area contributed by atoms with Gasteiger partial charge in [-0.3, -0.25) is 4.79 Å². The highest BCUT2D eigenvalue weighted by Crippen LogP contribution is 2.22. The first kappa shape index (κ1) is 23.5. The molecule has 0 aliphatic carbocycles. The second-order valence-electron chi connectivity index (χ2n) is 6.54. The molecule has 3 aromatic carbocycles. The summed E-state index contributed by atoms with van der Waals surface area (Å²) in [6.07, 6.45) is 1.27. The maximum atomic E-state index is 12.5. The molecular formula is C23H15ClN2O6S. The van der Waals surface area contributed by atoms with Crippen LogP contribution in [-0.4, -0.2) is 25.4 Å². The van der Waals surface area contributed by atoms with Gasteiger partial charge in [-0.25, -0.2) is 4.79 Å². The summed E-state index contributed by atoms with van der Waals surface area (Å²) in [6.45, 7) is 0. The maximum Gasteiger partial charge on any atom is 0.339 e. The molecule has 3 aromatic rings.